The van der Waals surface area contributed by atoms with Gasteiger partial charge in [-0.1, -0.05) is 24.3 Å². The molecule has 0 saturated heterocycles. The number of benzene rings is 2. The van der Waals surface area contributed by atoms with Crippen molar-refractivity contribution in [3.05, 3.63) is 36.4 Å². The van der Waals surface area contributed by atoms with Crippen LogP contribution in [0, 0.1) is 0 Å². The molecule has 0 amide bonds. The van der Waals surface area contributed by atoms with E-state index in [0.717, 1.165) is 22.3 Å². The van der Waals surface area contributed by atoms with Crippen LogP contribution in [0.1, 0.15) is 0 Å². The fourth-order valence-corrected chi connectivity index (χ4v) is 1.82. The zero-order valence-electron chi connectivity index (χ0n) is 10.0. The summed E-state index contributed by atoms with van der Waals surface area (Å²) in [5.74, 6) is 1.44. The van der Waals surface area contributed by atoms with Gasteiger partial charge in [-0.05, 0) is 12.1 Å². The molecule has 0 spiro atoms. The average Bonchev–Trinajstić information content (AvgIpc) is 2.42. The van der Waals surface area contributed by atoms with Gasteiger partial charge in [0.2, 0.25) is 0 Å². The van der Waals surface area contributed by atoms with Gasteiger partial charge in [0, 0.05) is 10.8 Å². The van der Waals surface area contributed by atoms with Crippen LogP contribution in [-0.2, 0) is 0 Å². The second-order valence-electron chi connectivity index (χ2n) is 3.75. The molecule has 0 aliphatic rings. The first kappa shape index (κ1) is 12.7. The first-order valence-corrected chi connectivity index (χ1v) is 5.86. The Morgan fingerprint density at radius 3 is 1.56 bits per heavy atom. The number of fused-ring (bicyclic) bond motifs is 1. The molecule has 0 aromatic heterocycles. The van der Waals surface area contributed by atoms with E-state index in [1.165, 1.54) is 0 Å². The molecule has 96 valence electrons. The maximum absolute atomic E-state index is 8.79. The molecule has 0 unspecified atom stereocenters. The van der Waals surface area contributed by atoms with Gasteiger partial charge in [-0.3, -0.25) is 0 Å². The number of hydrogen-bond acceptors (Lipinski definition) is 4. The van der Waals surface area contributed by atoms with Gasteiger partial charge in [0.15, 0.2) is 0 Å². The maximum Gasteiger partial charge on any atom is 0.127 e. The lowest BCUT2D eigenvalue weighted by Gasteiger charge is -2.11. The van der Waals surface area contributed by atoms with E-state index in [4.69, 9.17) is 19.7 Å². The van der Waals surface area contributed by atoms with E-state index < -0.39 is 0 Å². The van der Waals surface area contributed by atoms with E-state index in [2.05, 4.69) is 0 Å². The zero-order valence-corrected chi connectivity index (χ0v) is 10.0. The van der Waals surface area contributed by atoms with Crippen molar-refractivity contribution in [3.63, 3.8) is 0 Å². The molecule has 0 bridgehead atoms. The van der Waals surface area contributed by atoms with Crippen LogP contribution < -0.4 is 9.47 Å². The Kier molecular flexibility index (Phi) is 4.39. The minimum Gasteiger partial charge on any atom is -0.491 e. The van der Waals surface area contributed by atoms with Gasteiger partial charge in [-0.2, -0.15) is 0 Å². The second kappa shape index (κ2) is 6.23. The van der Waals surface area contributed by atoms with E-state index in [-0.39, 0.29) is 26.4 Å². The summed E-state index contributed by atoms with van der Waals surface area (Å²) >= 11 is 0. The molecule has 2 aromatic carbocycles. The van der Waals surface area contributed by atoms with Crippen LogP contribution in [0.25, 0.3) is 10.8 Å². The predicted molar refractivity (Wildman–Crippen MR) is 69.1 cm³/mol. The quantitative estimate of drug-likeness (QED) is 0.815. The maximum atomic E-state index is 8.79. The topological polar surface area (TPSA) is 58.9 Å². The van der Waals surface area contributed by atoms with Crippen LogP contribution >= 0.6 is 0 Å². The molecule has 4 nitrogen and oxygen atoms in total. The zero-order chi connectivity index (χ0) is 12.8. The molecular weight excluding hydrogens is 232 g/mol. The van der Waals surface area contributed by atoms with E-state index in [9.17, 15) is 0 Å². The normalized spacial score (nSPS) is 10.6. The van der Waals surface area contributed by atoms with Crippen molar-refractivity contribution in [2.75, 3.05) is 26.4 Å². The minimum atomic E-state index is -0.0168. The van der Waals surface area contributed by atoms with Crippen molar-refractivity contribution in [2.24, 2.45) is 0 Å². The molecule has 0 heterocycles. The smallest absolute Gasteiger partial charge is 0.127 e. The Morgan fingerprint density at radius 2 is 1.17 bits per heavy atom. The van der Waals surface area contributed by atoms with Crippen LogP contribution in [0.5, 0.6) is 11.5 Å². The molecule has 0 aliphatic carbocycles. The summed E-state index contributed by atoms with van der Waals surface area (Å²) in [4.78, 5) is 0. The van der Waals surface area contributed by atoms with Crippen LogP contribution in [0.3, 0.4) is 0 Å². The lowest BCUT2D eigenvalue weighted by Crippen LogP contribution is -2.03. The van der Waals surface area contributed by atoms with Gasteiger partial charge in [-0.25, -0.2) is 0 Å². The van der Waals surface area contributed by atoms with E-state index in [1.807, 2.05) is 36.4 Å². The lowest BCUT2D eigenvalue weighted by molar-refractivity contribution is 0.201. The summed E-state index contributed by atoms with van der Waals surface area (Å²) < 4.78 is 10.9. The molecular formula is C14H16O4. The first-order valence-electron chi connectivity index (χ1n) is 5.86. The number of aliphatic hydroxyl groups is 2. The fraction of sp³-hybridized carbons (Fsp3) is 0.286. The molecule has 2 N–H and O–H groups in total. The molecule has 2 aromatic rings. The molecule has 0 atom stereocenters. The number of ether oxygens (including phenoxy) is 2. The summed E-state index contributed by atoms with van der Waals surface area (Å²) in [5, 5.41) is 19.4. The SMILES string of the molecule is OCCOc1cccc2c(OCCO)cccc12. The Balaban J connectivity index is 2.37. The van der Waals surface area contributed by atoms with Crippen molar-refractivity contribution in [3.8, 4) is 11.5 Å². The van der Waals surface area contributed by atoms with Gasteiger partial charge < -0.3 is 19.7 Å². The Hall–Kier alpha value is -1.78. The summed E-state index contributed by atoms with van der Waals surface area (Å²) in [6.45, 7) is 0.496. The number of aliphatic hydroxyl groups excluding tert-OH is 2. The van der Waals surface area contributed by atoms with Gasteiger partial charge in [0.05, 0.1) is 13.2 Å². The highest BCUT2D eigenvalue weighted by Crippen LogP contribution is 2.32. The molecule has 0 radical (unpaired) electrons. The summed E-state index contributed by atoms with van der Waals surface area (Å²) in [6, 6.07) is 11.3. The summed E-state index contributed by atoms with van der Waals surface area (Å²) in [7, 11) is 0. The van der Waals surface area contributed by atoms with Crippen molar-refractivity contribution in [2.45, 2.75) is 0 Å². The highest BCUT2D eigenvalue weighted by atomic mass is 16.5. The molecule has 0 aliphatic heterocycles. The van der Waals surface area contributed by atoms with Crippen LogP contribution in [0.4, 0.5) is 0 Å². The second-order valence-corrected chi connectivity index (χ2v) is 3.75. The summed E-state index contributed by atoms with van der Waals surface area (Å²) in [6.07, 6.45) is 0. The van der Waals surface area contributed by atoms with Crippen molar-refractivity contribution in [1.29, 1.82) is 0 Å². The van der Waals surface area contributed by atoms with Gasteiger partial charge in [-0.15, -0.1) is 0 Å². The van der Waals surface area contributed by atoms with Crippen LogP contribution in [0.2, 0.25) is 0 Å². The largest absolute Gasteiger partial charge is 0.491 e. The Labute approximate surface area is 105 Å². The molecule has 0 saturated carbocycles. The standard InChI is InChI=1S/C14H16O4/c15-7-9-17-13-5-1-3-11-12(13)4-2-6-14(11)18-10-8-16/h1-6,15-16H,7-10H2. The third kappa shape index (κ3) is 2.72. The van der Waals surface area contributed by atoms with E-state index in [0.29, 0.717) is 0 Å². The third-order valence-corrected chi connectivity index (χ3v) is 2.54. The van der Waals surface area contributed by atoms with Gasteiger partial charge in [0.25, 0.3) is 0 Å². The molecule has 4 heteroatoms. The molecule has 2 rings (SSSR count). The van der Waals surface area contributed by atoms with Crippen molar-refractivity contribution in [1.82, 2.24) is 0 Å². The highest BCUT2D eigenvalue weighted by Gasteiger charge is 2.06. The number of rotatable bonds is 6. The Morgan fingerprint density at radius 1 is 0.722 bits per heavy atom. The van der Waals surface area contributed by atoms with E-state index >= 15 is 0 Å². The molecule has 0 fully saturated rings. The fourth-order valence-electron chi connectivity index (χ4n) is 1.82. The minimum absolute atomic E-state index is 0.0168. The highest BCUT2D eigenvalue weighted by molar-refractivity contribution is 5.93. The van der Waals surface area contributed by atoms with Crippen LogP contribution in [-0.4, -0.2) is 36.6 Å². The summed E-state index contributed by atoms with van der Waals surface area (Å²) in [5.41, 5.74) is 0. The van der Waals surface area contributed by atoms with Gasteiger partial charge >= 0.3 is 0 Å². The van der Waals surface area contributed by atoms with Crippen LogP contribution in [0.15, 0.2) is 36.4 Å². The van der Waals surface area contributed by atoms with Gasteiger partial charge in [0.1, 0.15) is 24.7 Å². The molecule has 18 heavy (non-hydrogen) atoms. The Bertz CT molecular complexity index is 463. The average molecular weight is 248 g/mol. The predicted octanol–water partition coefficient (Wildman–Crippen LogP) is 1.58. The monoisotopic (exact) mass is 248 g/mol. The van der Waals surface area contributed by atoms with Crippen molar-refractivity contribution >= 4 is 10.8 Å². The first-order chi connectivity index (χ1) is 8.86. The van der Waals surface area contributed by atoms with Crippen molar-refractivity contribution < 1.29 is 19.7 Å². The van der Waals surface area contributed by atoms with E-state index in [1.54, 1.807) is 0 Å². The third-order valence-electron chi connectivity index (χ3n) is 2.54. The number of hydrogen-bond donors (Lipinski definition) is 2. The lowest BCUT2D eigenvalue weighted by atomic mass is 10.1.